The van der Waals surface area contributed by atoms with Crippen LogP contribution < -0.4 is 0 Å². The van der Waals surface area contributed by atoms with Crippen LogP contribution >= 0.6 is 0 Å². The maximum absolute atomic E-state index is 12.1. The van der Waals surface area contributed by atoms with Crippen LogP contribution in [0.1, 0.15) is 54.5 Å². The Morgan fingerprint density at radius 2 is 2.06 bits per heavy atom. The van der Waals surface area contributed by atoms with Crippen LogP contribution in [-0.4, -0.2) is 34.7 Å². The summed E-state index contributed by atoms with van der Waals surface area (Å²) in [7, 11) is 0. The third-order valence-corrected chi connectivity index (χ3v) is 2.77. The molecule has 0 atom stereocenters. The summed E-state index contributed by atoms with van der Waals surface area (Å²) in [5.41, 5.74) is 1.05. The van der Waals surface area contributed by atoms with Crippen molar-refractivity contribution >= 4 is 11.7 Å². The minimum atomic E-state index is -0.0338. The van der Waals surface area contributed by atoms with Crippen molar-refractivity contribution in [2.45, 2.75) is 33.6 Å². The fourth-order valence-corrected chi connectivity index (χ4v) is 1.64. The normalized spacial score (nSPS) is 10.3. The van der Waals surface area contributed by atoms with Crippen molar-refractivity contribution in [3.63, 3.8) is 0 Å². The summed E-state index contributed by atoms with van der Waals surface area (Å²) in [5.74, 6) is -0.0645. The zero-order chi connectivity index (χ0) is 12.8. The Morgan fingerprint density at radius 1 is 1.35 bits per heavy atom. The molecule has 0 aliphatic rings. The van der Waals surface area contributed by atoms with E-state index >= 15 is 0 Å². The Balaban J connectivity index is 2.75. The Labute approximate surface area is 102 Å². The molecule has 1 heterocycles. The number of carbonyl (C=O) groups is 2. The van der Waals surface area contributed by atoms with E-state index < -0.39 is 0 Å². The lowest BCUT2D eigenvalue weighted by Crippen LogP contribution is -2.31. The summed E-state index contributed by atoms with van der Waals surface area (Å²) in [5, 5.41) is 0. The molecule has 0 aromatic carbocycles. The average Bonchev–Trinajstić information content (AvgIpc) is 2.79. The van der Waals surface area contributed by atoms with E-state index in [0.717, 1.165) is 19.4 Å². The summed E-state index contributed by atoms with van der Waals surface area (Å²) in [4.78, 5) is 27.9. The SMILES string of the molecule is CCCCN(CC)C(=O)c1cc(C(C)=O)c[nH]1. The highest BCUT2D eigenvalue weighted by molar-refractivity contribution is 5.99. The van der Waals surface area contributed by atoms with Gasteiger partial charge in [-0.05, 0) is 26.3 Å². The fourth-order valence-electron chi connectivity index (χ4n) is 1.64. The number of carbonyl (C=O) groups excluding carboxylic acids is 2. The standard InChI is InChI=1S/C13H20N2O2/c1-4-6-7-15(5-2)13(17)12-8-11(9-14-12)10(3)16/h8-9,14H,4-7H2,1-3H3. The summed E-state index contributed by atoms with van der Waals surface area (Å²) in [6, 6.07) is 1.62. The molecule has 1 N–H and O–H groups in total. The molecule has 94 valence electrons. The van der Waals surface area contributed by atoms with E-state index in [-0.39, 0.29) is 11.7 Å². The van der Waals surface area contributed by atoms with Gasteiger partial charge < -0.3 is 9.88 Å². The first-order chi connectivity index (χ1) is 8.10. The summed E-state index contributed by atoms with van der Waals surface area (Å²) < 4.78 is 0. The smallest absolute Gasteiger partial charge is 0.270 e. The summed E-state index contributed by atoms with van der Waals surface area (Å²) in [6.07, 6.45) is 3.65. The van der Waals surface area contributed by atoms with Crippen LogP contribution in [0.5, 0.6) is 0 Å². The molecule has 0 radical (unpaired) electrons. The van der Waals surface area contributed by atoms with Crippen molar-refractivity contribution < 1.29 is 9.59 Å². The van der Waals surface area contributed by atoms with Crippen molar-refractivity contribution in [2.24, 2.45) is 0 Å². The third kappa shape index (κ3) is 3.44. The molecule has 0 aliphatic heterocycles. The summed E-state index contributed by atoms with van der Waals surface area (Å²) >= 11 is 0. The molecular weight excluding hydrogens is 216 g/mol. The second kappa shape index (κ2) is 6.23. The molecule has 0 saturated heterocycles. The third-order valence-electron chi connectivity index (χ3n) is 2.77. The van der Waals surface area contributed by atoms with Gasteiger partial charge in [0, 0.05) is 24.8 Å². The second-order valence-corrected chi connectivity index (χ2v) is 4.10. The second-order valence-electron chi connectivity index (χ2n) is 4.10. The molecule has 1 aromatic heterocycles. The Kier molecular flexibility index (Phi) is 4.94. The van der Waals surface area contributed by atoms with Gasteiger partial charge in [-0.1, -0.05) is 13.3 Å². The molecule has 0 bridgehead atoms. The number of hydrogen-bond donors (Lipinski definition) is 1. The molecule has 0 saturated carbocycles. The number of nitrogens with zero attached hydrogens (tertiary/aromatic N) is 1. The van der Waals surface area contributed by atoms with Gasteiger partial charge in [-0.25, -0.2) is 0 Å². The van der Waals surface area contributed by atoms with Crippen LogP contribution in [0.2, 0.25) is 0 Å². The number of H-pyrrole nitrogens is 1. The topological polar surface area (TPSA) is 53.2 Å². The number of aromatic amines is 1. The summed E-state index contributed by atoms with van der Waals surface area (Å²) in [6.45, 7) is 7.00. The number of ketones is 1. The maximum atomic E-state index is 12.1. The molecule has 4 heteroatoms. The molecular formula is C13H20N2O2. The lowest BCUT2D eigenvalue weighted by atomic mass is 10.2. The van der Waals surface area contributed by atoms with Crippen LogP contribution in [0.15, 0.2) is 12.3 Å². The number of Topliss-reactive ketones (excluding diaryl/α,β-unsaturated/α-hetero) is 1. The van der Waals surface area contributed by atoms with Gasteiger partial charge in [0.2, 0.25) is 0 Å². The molecule has 17 heavy (non-hydrogen) atoms. The molecule has 0 unspecified atom stereocenters. The molecule has 0 fully saturated rings. The van der Waals surface area contributed by atoms with Crippen LogP contribution in [0.3, 0.4) is 0 Å². The Hall–Kier alpha value is -1.58. The van der Waals surface area contributed by atoms with Crippen molar-refractivity contribution in [3.05, 3.63) is 23.5 Å². The lowest BCUT2D eigenvalue weighted by molar-refractivity contribution is 0.0757. The molecule has 1 rings (SSSR count). The quantitative estimate of drug-likeness (QED) is 0.771. The monoisotopic (exact) mass is 236 g/mol. The maximum Gasteiger partial charge on any atom is 0.270 e. The predicted octanol–water partition coefficient (Wildman–Crippen LogP) is 2.48. The van der Waals surface area contributed by atoms with Gasteiger partial charge in [0.25, 0.3) is 5.91 Å². The fraction of sp³-hybridized carbons (Fsp3) is 0.538. The van der Waals surface area contributed by atoms with E-state index in [4.69, 9.17) is 0 Å². The van der Waals surface area contributed by atoms with E-state index in [1.54, 1.807) is 17.2 Å². The largest absolute Gasteiger partial charge is 0.356 e. The van der Waals surface area contributed by atoms with Gasteiger partial charge >= 0.3 is 0 Å². The first-order valence-electron chi connectivity index (χ1n) is 6.08. The van der Waals surface area contributed by atoms with E-state index in [0.29, 0.717) is 17.8 Å². The first-order valence-corrected chi connectivity index (χ1v) is 6.08. The number of amides is 1. The van der Waals surface area contributed by atoms with E-state index in [2.05, 4.69) is 11.9 Å². The number of aromatic nitrogens is 1. The highest BCUT2D eigenvalue weighted by atomic mass is 16.2. The predicted molar refractivity (Wildman–Crippen MR) is 67.3 cm³/mol. The number of nitrogens with one attached hydrogen (secondary N) is 1. The van der Waals surface area contributed by atoms with Crippen molar-refractivity contribution in [1.82, 2.24) is 9.88 Å². The van der Waals surface area contributed by atoms with E-state index in [1.165, 1.54) is 6.92 Å². The van der Waals surface area contributed by atoms with Gasteiger partial charge in [-0.2, -0.15) is 0 Å². The van der Waals surface area contributed by atoms with Crippen LogP contribution in [0, 0.1) is 0 Å². The number of rotatable bonds is 6. The Bertz CT molecular complexity index is 396. The van der Waals surface area contributed by atoms with Crippen LogP contribution in [-0.2, 0) is 0 Å². The average molecular weight is 236 g/mol. The highest BCUT2D eigenvalue weighted by Gasteiger charge is 2.16. The van der Waals surface area contributed by atoms with E-state index in [1.807, 2.05) is 6.92 Å². The molecule has 1 aromatic rings. The van der Waals surface area contributed by atoms with E-state index in [9.17, 15) is 9.59 Å². The lowest BCUT2D eigenvalue weighted by Gasteiger charge is -2.19. The van der Waals surface area contributed by atoms with Gasteiger partial charge in [-0.15, -0.1) is 0 Å². The zero-order valence-electron chi connectivity index (χ0n) is 10.7. The van der Waals surface area contributed by atoms with Crippen molar-refractivity contribution in [3.8, 4) is 0 Å². The molecule has 1 amide bonds. The number of unbranched alkanes of at least 4 members (excludes halogenated alkanes) is 1. The van der Waals surface area contributed by atoms with Crippen LogP contribution in [0.4, 0.5) is 0 Å². The van der Waals surface area contributed by atoms with Gasteiger partial charge in [0.05, 0.1) is 0 Å². The Morgan fingerprint density at radius 3 is 2.53 bits per heavy atom. The zero-order valence-corrected chi connectivity index (χ0v) is 10.7. The van der Waals surface area contributed by atoms with Gasteiger partial charge in [0.15, 0.2) is 5.78 Å². The number of hydrogen-bond acceptors (Lipinski definition) is 2. The van der Waals surface area contributed by atoms with Crippen molar-refractivity contribution in [1.29, 1.82) is 0 Å². The first kappa shape index (κ1) is 13.5. The minimum Gasteiger partial charge on any atom is -0.356 e. The van der Waals surface area contributed by atoms with Crippen LogP contribution in [0.25, 0.3) is 0 Å². The molecule has 4 nitrogen and oxygen atoms in total. The molecule has 0 spiro atoms. The minimum absolute atomic E-state index is 0.0306. The van der Waals surface area contributed by atoms with Crippen molar-refractivity contribution in [2.75, 3.05) is 13.1 Å². The van der Waals surface area contributed by atoms with Gasteiger partial charge in [-0.3, -0.25) is 9.59 Å². The molecule has 0 aliphatic carbocycles. The highest BCUT2D eigenvalue weighted by Crippen LogP contribution is 2.08. The van der Waals surface area contributed by atoms with Gasteiger partial charge in [0.1, 0.15) is 5.69 Å².